The first-order valence-corrected chi connectivity index (χ1v) is 7.78. The number of ketones is 1. The Bertz CT molecular complexity index is 694. The maximum Gasteiger partial charge on any atom is 0.312 e. The van der Waals surface area contributed by atoms with Gasteiger partial charge in [0.2, 0.25) is 0 Å². The van der Waals surface area contributed by atoms with Crippen molar-refractivity contribution in [1.29, 1.82) is 0 Å². The van der Waals surface area contributed by atoms with E-state index in [1.165, 1.54) is 0 Å². The molecular weight excluding hydrogens is 290 g/mol. The molecule has 23 heavy (non-hydrogen) atoms. The number of nitrogens with zero attached hydrogens (tertiary/aromatic N) is 1. The van der Waals surface area contributed by atoms with Crippen LogP contribution in [0.15, 0.2) is 54.6 Å². The molecule has 0 aliphatic carbocycles. The van der Waals surface area contributed by atoms with Crippen molar-refractivity contribution in [2.45, 2.75) is 19.4 Å². The quantitative estimate of drug-likeness (QED) is 0.356. The average molecular weight is 309 g/mol. The number of carbonyl (C=O) groups is 2. The summed E-state index contributed by atoms with van der Waals surface area (Å²) in [6.45, 7) is 3.93. The second kappa shape index (κ2) is 6.75. The van der Waals surface area contributed by atoms with Crippen LogP contribution in [0.1, 0.15) is 29.3 Å². The Morgan fingerprint density at radius 2 is 1.65 bits per heavy atom. The highest BCUT2D eigenvalue weighted by atomic mass is 16.5. The summed E-state index contributed by atoms with van der Waals surface area (Å²) < 4.78 is 5.29. The van der Waals surface area contributed by atoms with Gasteiger partial charge in [-0.2, -0.15) is 0 Å². The van der Waals surface area contributed by atoms with Crippen LogP contribution in [0.4, 0.5) is 0 Å². The minimum atomic E-state index is -0.244. The number of hydrogen-bond donors (Lipinski definition) is 0. The summed E-state index contributed by atoms with van der Waals surface area (Å²) in [7, 11) is 0. The van der Waals surface area contributed by atoms with E-state index in [2.05, 4.69) is 11.8 Å². The normalized spacial score (nSPS) is 19.2. The molecule has 0 aromatic heterocycles. The number of ether oxygens (including phenoxy) is 1. The van der Waals surface area contributed by atoms with Crippen molar-refractivity contribution >= 4 is 11.8 Å². The molecule has 0 saturated carbocycles. The summed E-state index contributed by atoms with van der Waals surface area (Å²) in [4.78, 5) is 26.3. The largest absolute Gasteiger partial charge is 0.426 e. The van der Waals surface area contributed by atoms with E-state index >= 15 is 0 Å². The number of hydrogen-bond acceptors (Lipinski definition) is 4. The SMILES string of the molecule is CC1CN1CCC(=O)Oc1ccc(C(=O)c2ccccc2)cc1. The van der Waals surface area contributed by atoms with Gasteiger partial charge in [0, 0.05) is 30.3 Å². The second-order valence-corrected chi connectivity index (χ2v) is 5.79. The van der Waals surface area contributed by atoms with Crippen molar-refractivity contribution in [1.82, 2.24) is 4.90 Å². The van der Waals surface area contributed by atoms with E-state index in [0.717, 1.165) is 13.1 Å². The lowest BCUT2D eigenvalue weighted by Gasteiger charge is -2.06. The van der Waals surface area contributed by atoms with Crippen LogP contribution in [0.25, 0.3) is 0 Å². The summed E-state index contributed by atoms with van der Waals surface area (Å²) in [5, 5.41) is 0. The summed E-state index contributed by atoms with van der Waals surface area (Å²) in [5.74, 6) is 0.184. The highest BCUT2D eigenvalue weighted by molar-refractivity contribution is 6.09. The molecular formula is C19H19NO3. The Balaban J connectivity index is 1.56. The van der Waals surface area contributed by atoms with E-state index in [4.69, 9.17) is 4.74 Å². The predicted octanol–water partition coefficient (Wildman–Crippen LogP) is 2.92. The number of esters is 1. The van der Waals surface area contributed by atoms with Crippen LogP contribution >= 0.6 is 0 Å². The zero-order valence-corrected chi connectivity index (χ0v) is 13.1. The molecule has 4 heteroatoms. The van der Waals surface area contributed by atoms with Crippen LogP contribution in [0.3, 0.4) is 0 Å². The molecule has 2 unspecified atom stereocenters. The van der Waals surface area contributed by atoms with Crippen LogP contribution in [0.5, 0.6) is 5.75 Å². The smallest absolute Gasteiger partial charge is 0.312 e. The molecule has 1 saturated heterocycles. The molecule has 1 fully saturated rings. The van der Waals surface area contributed by atoms with Gasteiger partial charge in [0.25, 0.3) is 0 Å². The third-order valence-electron chi connectivity index (χ3n) is 3.98. The van der Waals surface area contributed by atoms with Gasteiger partial charge in [-0.15, -0.1) is 0 Å². The minimum absolute atomic E-state index is 0.0426. The zero-order chi connectivity index (χ0) is 16.2. The standard InChI is InChI=1S/C19H19NO3/c1-14-13-20(14)12-11-18(21)23-17-9-7-16(8-10-17)19(22)15-5-3-2-4-6-15/h2-10,14H,11-13H2,1H3. The lowest BCUT2D eigenvalue weighted by molar-refractivity contribution is -0.134. The van der Waals surface area contributed by atoms with Crippen molar-refractivity contribution in [3.63, 3.8) is 0 Å². The van der Waals surface area contributed by atoms with Crippen LogP contribution in [0, 0.1) is 0 Å². The molecule has 0 spiro atoms. The van der Waals surface area contributed by atoms with Crippen molar-refractivity contribution < 1.29 is 14.3 Å². The van der Waals surface area contributed by atoms with Gasteiger partial charge in [0.05, 0.1) is 6.42 Å². The summed E-state index contributed by atoms with van der Waals surface area (Å²) >= 11 is 0. The molecule has 2 atom stereocenters. The molecule has 2 aromatic carbocycles. The van der Waals surface area contributed by atoms with Gasteiger partial charge in [-0.3, -0.25) is 14.5 Å². The average Bonchev–Trinajstić information content (AvgIpc) is 3.29. The number of rotatable bonds is 6. The highest BCUT2D eigenvalue weighted by Crippen LogP contribution is 2.18. The molecule has 1 aliphatic heterocycles. The third kappa shape index (κ3) is 4.05. The van der Waals surface area contributed by atoms with E-state index in [-0.39, 0.29) is 11.8 Å². The molecule has 1 aliphatic rings. The third-order valence-corrected chi connectivity index (χ3v) is 3.98. The molecule has 0 bridgehead atoms. The lowest BCUT2D eigenvalue weighted by Crippen LogP contribution is -2.14. The van der Waals surface area contributed by atoms with Crippen LogP contribution in [-0.4, -0.2) is 35.8 Å². The topological polar surface area (TPSA) is 46.4 Å². The molecule has 0 N–H and O–H groups in total. The number of carbonyl (C=O) groups excluding carboxylic acids is 2. The Labute approximate surface area is 135 Å². The van der Waals surface area contributed by atoms with Gasteiger partial charge in [0.1, 0.15) is 5.75 Å². The fourth-order valence-corrected chi connectivity index (χ4v) is 2.45. The monoisotopic (exact) mass is 309 g/mol. The van der Waals surface area contributed by atoms with E-state index in [1.54, 1.807) is 36.4 Å². The number of benzene rings is 2. The summed E-state index contributed by atoms with van der Waals surface area (Å²) in [6.07, 6.45) is 0.384. The van der Waals surface area contributed by atoms with Gasteiger partial charge >= 0.3 is 5.97 Å². The molecule has 0 amide bonds. The summed E-state index contributed by atoms with van der Waals surface area (Å²) in [5.41, 5.74) is 1.22. The van der Waals surface area contributed by atoms with Gasteiger partial charge in [-0.1, -0.05) is 30.3 Å². The van der Waals surface area contributed by atoms with Crippen LogP contribution < -0.4 is 4.74 Å². The second-order valence-electron chi connectivity index (χ2n) is 5.79. The maximum atomic E-state index is 12.3. The first-order valence-electron chi connectivity index (χ1n) is 7.78. The fourth-order valence-electron chi connectivity index (χ4n) is 2.45. The first-order chi connectivity index (χ1) is 11.1. The van der Waals surface area contributed by atoms with Crippen molar-refractivity contribution in [2.75, 3.05) is 13.1 Å². The Morgan fingerprint density at radius 1 is 1.04 bits per heavy atom. The maximum absolute atomic E-state index is 12.3. The zero-order valence-electron chi connectivity index (χ0n) is 13.1. The van der Waals surface area contributed by atoms with Gasteiger partial charge < -0.3 is 4.74 Å². The van der Waals surface area contributed by atoms with Crippen molar-refractivity contribution in [2.24, 2.45) is 0 Å². The Kier molecular flexibility index (Phi) is 4.53. The van der Waals surface area contributed by atoms with Gasteiger partial charge in [-0.05, 0) is 31.2 Å². The van der Waals surface area contributed by atoms with Gasteiger partial charge in [-0.25, -0.2) is 0 Å². The lowest BCUT2D eigenvalue weighted by atomic mass is 10.0. The highest BCUT2D eigenvalue weighted by Gasteiger charge is 2.28. The molecule has 118 valence electrons. The molecule has 1 heterocycles. The molecule has 3 rings (SSSR count). The molecule has 4 nitrogen and oxygen atoms in total. The van der Waals surface area contributed by atoms with Crippen molar-refractivity contribution in [3.05, 3.63) is 65.7 Å². The van der Waals surface area contributed by atoms with Gasteiger partial charge in [0.15, 0.2) is 5.78 Å². The van der Waals surface area contributed by atoms with Crippen molar-refractivity contribution in [3.8, 4) is 5.75 Å². The molecule has 0 radical (unpaired) electrons. The fraction of sp³-hybridized carbons (Fsp3) is 0.263. The first kappa shape index (κ1) is 15.4. The van der Waals surface area contributed by atoms with E-state index < -0.39 is 0 Å². The Hall–Kier alpha value is -2.46. The van der Waals surface area contributed by atoms with E-state index in [0.29, 0.717) is 29.3 Å². The predicted molar refractivity (Wildman–Crippen MR) is 87.6 cm³/mol. The molecule has 2 aromatic rings. The summed E-state index contributed by atoms with van der Waals surface area (Å²) in [6, 6.07) is 16.4. The van der Waals surface area contributed by atoms with E-state index in [1.807, 2.05) is 18.2 Å². The van der Waals surface area contributed by atoms with Crippen LogP contribution in [0.2, 0.25) is 0 Å². The van der Waals surface area contributed by atoms with E-state index in [9.17, 15) is 9.59 Å². The Morgan fingerprint density at radius 3 is 2.26 bits per heavy atom. The minimum Gasteiger partial charge on any atom is -0.426 e. The van der Waals surface area contributed by atoms with Crippen LogP contribution in [-0.2, 0) is 4.79 Å².